The van der Waals surface area contributed by atoms with Crippen molar-refractivity contribution in [2.24, 2.45) is 0 Å². The lowest BCUT2D eigenvalue weighted by molar-refractivity contribution is -0.128. The number of thioether (sulfide) groups is 1. The van der Waals surface area contributed by atoms with Gasteiger partial charge in [-0.3, -0.25) is 4.79 Å². The Bertz CT molecular complexity index is 1050. The third-order valence-corrected chi connectivity index (χ3v) is 6.54. The Hall–Kier alpha value is -2.29. The fraction of sp³-hybridized carbons (Fsp3) is 0.364. The van der Waals surface area contributed by atoms with Crippen molar-refractivity contribution >= 4 is 46.0 Å². The first kappa shape index (κ1) is 21.9. The van der Waals surface area contributed by atoms with Crippen molar-refractivity contribution in [1.82, 2.24) is 14.5 Å². The molecule has 0 aliphatic carbocycles. The topological polar surface area (TPSA) is 50.6 Å². The number of aromatic nitrogens is 2. The Morgan fingerprint density at radius 3 is 2.61 bits per heavy atom. The SMILES string of the molecule is COCCn1c(SCC(=O)N2CCN(c3ccc(F)cc3)CC2)nc2cc(Cl)ccc21. The number of hydrogen-bond donors (Lipinski definition) is 0. The third-order valence-electron chi connectivity index (χ3n) is 5.34. The van der Waals surface area contributed by atoms with Crippen molar-refractivity contribution in [2.75, 3.05) is 50.5 Å². The highest BCUT2D eigenvalue weighted by Crippen LogP contribution is 2.27. The summed E-state index contributed by atoms with van der Waals surface area (Å²) >= 11 is 7.55. The molecule has 9 heteroatoms. The summed E-state index contributed by atoms with van der Waals surface area (Å²) in [6, 6.07) is 12.1. The number of rotatable bonds is 7. The van der Waals surface area contributed by atoms with E-state index in [0.29, 0.717) is 37.0 Å². The third kappa shape index (κ3) is 5.14. The van der Waals surface area contributed by atoms with Gasteiger partial charge in [0.1, 0.15) is 5.82 Å². The van der Waals surface area contributed by atoms with Crippen LogP contribution in [0.2, 0.25) is 5.02 Å². The number of amides is 1. The molecule has 31 heavy (non-hydrogen) atoms. The summed E-state index contributed by atoms with van der Waals surface area (Å²) in [5.74, 6) is 0.168. The summed E-state index contributed by atoms with van der Waals surface area (Å²) in [6.07, 6.45) is 0. The van der Waals surface area contributed by atoms with Crippen LogP contribution in [-0.2, 0) is 16.1 Å². The van der Waals surface area contributed by atoms with Crippen LogP contribution in [-0.4, -0.2) is 66.0 Å². The van der Waals surface area contributed by atoms with Crippen LogP contribution in [0.1, 0.15) is 0 Å². The molecular formula is C22H24ClFN4O2S. The predicted molar refractivity (Wildman–Crippen MR) is 123 cm³/mol. The van der Waals surface area contributed by atoms with Crippen LogP contribution < -0.4 is 4.90 Å². The summed E-state index contributed by atoms with van der Waals surface area (Å²) < 4.78 is 20.4. The lowest BCUT2D eigenvalue weighted by Crippen LogP contribution is -2.49. The molecule has 0 spiro atoms. The van der Waals surface area contributed by atoms with Crippen LogP contribution in [0.3, 0.4) is 0 Å². The second-order valence-electron chi connectivity index (χ2n) is 7.30. The minimum absolute atomic E-state index is 0.0899. The van der Waals surface area contributed by atoms with Crippen molar-refractivity contribution in [2.45, 2.75) is 11.7 Å². The van der Waals surface area contributed by atoms with Gasteiger partial charge in [-0.25, -0.2) is 9.37 Å². The number of carbonyl (C=O) groups excluding carboxylic acids is 1. The van der Waals surface area contributed by atoms with E-state index in [4.69, 9.17) is 16.3 Å². The van der Waals surface area contributed by atoms with Crippen LogP contribution in [0.5, 0.6) is 0 Å². The first-order valence-electron chi connectivity index (χ1n) is 10.1. The van der Waals surface area contributed by atoms with Gasteiger partial charge in [0.2, 0.25) is 5.91 Å². The summed E-state index contributed by atoms with van der Waals surface area (Å²) in [5, 5.41) is 1.42. The van der Waals surface area contributed by atoms with E-state index in [1.807, 2.05) is 23.1 Å². The van der Waals surface area contributed by atoms with E-state index < -0.39 is 0 Å². The molecule has 0 radical (unpaired) electrons. The van der Waals surface area contributed by atoms with E-state index in [-0.39, 0.29) is 11.7 Å². The van der Waals surface area contributed by atoms with Crippen molar-refractivity contribution in [3.8, 4) is 0 Å². The van der Waals surface area contributed by atoms with E-state index >= 15 is 0 Å². The number of fused-ring (bicyclic) bond motifs is 1. The molecule has 1 aliphatic heterocycles. The molecule has 3 aromatic rings. The van der Waals surface area contributed by atoms with Gasteiger partial charge in [0, 0.05) is 50.5 Å². The number of methoxy groups -OCH3 is 1. The summed E-state index contributed by atoms with van der Waals surface area (Å²) in [5.41, 5.74) is 2.77. The van der Waals surface area contributed by atoms with Gasteiger partial charge >= 0.3 is 0 Å². The van der Waals surface area contributed by atoms with E-state index in [1.165, 1.54) is 23.9 Å². The smallest absolute Gasteiger partial charge is 0.233 e. The number of hydrogen-bond acceptors (Lipinski definition) is 5. The molecule has 1 amide bonds. The van der Waals surface area contributed by atoms with Crippen LogP contribution in [0.25, 0.3) is 11.0 Å². The zero-order valence-electron chi connectivity index (χ0n) is 17.3. The van der Waals surface area contributed by atoms with Crippen molar-refractivity contribution in [3.63, 3.8) is 0 Å². The van der Waals surface area contributed by atoms with Gasteiger partial charge in [0.15, 0.2) is 5.16 Å². The lowest BCUT2D eigenvalue weighted by atomic mass is 10.2. The van der Waals surface area contributed by atoms with Gasteiger partial charge in [0.05, 0.1) is 23.4 Å². The highest BCUT2D eigenvalue weighted by atomic mass is 35.5. The van der Waals surface area contributed by atoms with Gasteiger partial charge in [-0.2, -0.15) is 0 Å². The molecule has 0 bridgehead atoms. The summed E-state index contributed by atoms with van der Waals surface area (Å²) in [4.78, 5) is 21.5. The minimum atomic E-state index is -0.242. The highest BCUT2D eigenvalue weighted by Gasteiger charge is 2.22. The first-order chi connectivity index (χ1) is 15.0. The van der Waals surface area contributed by atoms with Gasteiger partial charge in [-0.05, 0) is 42.5 Å². The molecule has 0 unspecified atom stereocenters. The fourth-order valence-corrected chi connectivity index (χ4v) is 4.78. The molecular weight excluding hydrogens is 439 g/mol. The van der Waals surface area contributed by atoms with E-state index in [1.54, 1.807) is 19.2 Å². The molecule has 2 aromatic carbocycles. The largest absolute Gasteiger partial charge is 0.383 e. The molecule has 4 rings (SSSR count). The van der Waals surface area contributed by atoms with Crippen LogP contribution >= 0.6 is 23.4 Å². The second kappa shape index (κ2) is 9.89. The van der Waals surface area contributed by atoms with Crippen LogP contribution in [0.15, 0.2) is 47.6 Å². The van der Waals surface area contributed by atoms with Gasteiger partial charge < -0.3 is 19.1 Å². The number of carbonyl (C=O) groups is 1. The highest BCUT2D eigenvalue weighted by molar-refractivity contribution is 7.99. The Morgan fingerprint density at radius 1 is 1.16 bits per heavy atom. The maximum absolute atomic E-state index is 13.1. The average molecular weight is 463 g/mol. The van der Waals surface area contributed by atoms with Gasteiger partial charge in [-0.15, -0.1) is 0 Å². The fourth-order valence-electron chi connectivity index (χ4n) is 3.67. The Labute approximate surface area is 189 Å². The van der Waals surface area contributed by atoms with Crippen LogP contribution in [0.4, 0.5) is 10.1 Å². The minimum Gasteiger partial charge on any atom is -0.383 e. The average Bonchev–Trinajstić information content (AvgIpc) is 3.13. The molecule has 1 aliphatic rings. The number of benzene rings is 2. The summed E-state index contributed by atoms with van der Waals surface area (Å²) in [7, 11) is 1.66. The van der Waals surface area contributed by atoms with Crippen molar-refractivity contribution in [3.05, 3.63) is 53.3 Å². The molecule has 2 heterocycles. The zero-order chi connectivity index (χ0) is 21.8. The van der Waals surface area contributed by atoms with Crippen LogP contribution in [0, 0.1) is 5.82 Å². The molecule has 0 atom stereocenters. The molecule has 1 fully saturated rings. The van der Waals surface area contributed by atoms with Gasteiger partial charge in [-0.1, -0.05) is 23.4 Å². The maximum atomic E-state index is 13.1. The molecule has 6 nitrogen and oxygen atoms in total. The molecule has 164 valence electrons. The summed E-state index contributed by atoms with van der Waals surface area (Å²) in [6.45, 7) is 3.96. The van der Waals surface area contributed by atoms with E-state index in [0.717, 1.165) is 35.0 Å². The lowest BCUT2D eigenvalue weighted by Gasteiger charge is -2.36. The Balaban J connectivity index is 1.37. The quantitative estimate of drug-likeness (QED) is 0.498. The number of piperazine rings is 1. The molecule has 0 N–H and O–H groups in total. The molecule has 1 aromatic heterocycles. The van der Waals surface area contributed by atoms with E-state index in [2.05, 4.69) is 14.5 Å². The standard InChI is InChI=1S/C22H24ClFN4O2S/c1-30-13-12-28-20-7-2-16(23)14-19(20)25-22(28)31-15-21(29)27-10-8-26(9-11-27)18-5-3-17(24)4-6-18/h2-7,14H,8-13,15H2,1H3. The van der Waals surface area contributed by atoms with E-state index in [9.17, 15) is 9.18 Å². The Morgan fingerprint density at radius 2 is 1.90 bits per heavy atom. The van der Waals surface area contributed by atoms with Gasteiger partial charge in [0.25, 0.3) is 0 Å². The molecule has 0 saturated carbocycles. The number of nitrogens with zero attached hydrogens (tertiary/aromatic N) is 4. The second-order valence-corrected chi connectivity index (χ2v) is 8.68. The normalized spacial score (nSPS) is 14.4. The number of halogens is 2. The van der Waals surface area contributed by atoms with Crippen molar-refractivity contribution in [1.29, 1.82) is 0 Å². The Kier molecular flexibility index (Phi) is 6.99. The number of anilines is 1. The predicted octanol–water partition coefficient (Wildman–Crippen LogP) is 3.92. The number of ether oxygens (including phenoxy) is 1. The number of imidazole rings is 1. The monoisotopic (exact) mass is 462 g/mol. The maximum Gasteiger partial charge on any atom is 0.233 e. The zero-order valence-corrected chi connectivity index (χ0v) is 18.8. The first-order valence-corrected chi connectivity index (χ1v) is 11.5. The molecule has 1 saturated heterocycles. The van der Waals surface area contributed by atoms with Crippen molar-refractivity contribution < 1.29 is 13.9 Å².